The van der Waals surface area contributed by atoms with Crippen LogP contribution in [0, 0.1) is 0 Å². The third-order valence-corrected chi connectivity index (χ3v) is 8.52. The van der Waals surface area contributed by atoms with Gasteiger partial charge in [0.15, 0.2) is 0 Å². The normalized spacial score (nSPS) is 11.8. The molecule has 0 aliphatic heterocycles. The first kappa shape index (κ1) is 23.1. The Bertz CT molecular complexity index is 2450. The molecule has 6 aromatic carbocycles. The van der Waals surface area contributed by atoms with E-state index in [-0.39, 0.29) is 0 Å². The lowest BCUT2D eigenvalue weighted by Crippen LogP contribution is -1.98. The van der Waals surface area contributed by atoms with E-state index in [1.807, 2.05) is 0 Å². The van der Waals surface area contributed by atoms with Gasteiger partial charge in [-0.3, -0.25) is 4.57 Å². The monoisotopic (exact) mass is 535 g/mol. The Morgan fingerprint density at radius 3 is 1.90 bits per heavy atom. The van der Waals surface area contributed by atoms with E-state index < -0.39 is 0 Å². The van der Waals surface area contributed by atoms with Crippen LogP contribution in [0.4, 0.5) is 0 Å². The molecule has 9 rings (SSSR count). The van der Waals surface area contributed by atoms with Crippen LogP contribution in [0.1, 0.15) is 0 Å². The van der Waals surface area contributed by atoms with Crippen LogP contribution in [0.2, 0.25) is 0 Å². The average Bonchev–Trinajstić information content (AvgIpc) is 3.58. The Kier molecular flexibility index (Phi) is 4.90. The van der Waals surface area contributed by atoms with Crippen LogP contribution in [-0.2, 0) is 0 Å². The van der Waals surface area contributed by atoms with Crippen molar-refractivity contribution in [2.75, 3.05) is 0 Å². The maximum Gasteiger partial charge on any atom is 0.138 e. The highest BCUT2D eigenvalue weighted by atomic mass is 15.1. The summed E-state index contributed by atoms with van der Waals surface area (Å²) in [6.45, 7) is 0. The zero-order valence-corrected chi connectivity index (χ0v) is 22.8. The zero-order chi connectivity index (χ0) is 27.6. The second-order valence-electron chi connectivity index (χ2n) is 10.8. The van der Waals surface area contributed by atoms with Crippen molar-refractivity contribution < 1.29 is 0 Å². The Morgan fingerprint density at radius 2 is 1.07 bits per heavy atom. The molecule has 42 heavy (non-hydrogen) atoms. The molecule has 3 nitrogen and oxygen atoms in total. The lowest BCUT2D eigenvalue weighted by molar-refractivity contribution is 1.10. The second-order valence-corrected chi connectivity index (χ2v) is 10.8. The number of aromatic nitrogens is 3. The lowest BCUT2D eigenvalue weighted by Gasteiger charge is -2.11. The maximum atomic E-state index is 5.12. The molecular weight excluding hydrogens is 510 g/mol. The summed E-state index contributed by atoms with van der Waals surface area (Å²) >= 11 is 0. The summed E-state index contributed by atoms with van der Waals surface area (Å²) in [5.74, 6) is 0.925. The number of nitrogens with zero attached hydrogens (tertiary/aromatic N) is 3. The van der Waals surface area contributed by atoms with Gasteiger partial charge in [-0.15, -0.1) is 0 Å². The number of para-hydroxylation sites is 3. The van der Waals surface area contributed by atoms with E-state index in [1.54, 1.807) is 0 Å². The highest BCUT2D eigenvalue weighted by Gasteiger charge is 2.21. The van der Waals surface area contributed by atoms with E-state index in [0.717, 1.165) is 33.4 Å². The lowest BCUT2D eigenvalue weighted by atomic mass is 10.1. The number of fused-ring (bicyclic) bond motifs is 8. The summed E-state index contributed by atoms with van der Waals surface area (Å²) in [5, 5.41) is 6.10. The quantitative estimate of drug-likeness (QED) is 0.221. The van der Waals surface area contributed by atoms with Crippen molar-refractivity contribution in [3.05, 3.63) is 152 Å². The number of benzene rings is 6. The molecule has 3 heteroatoms. The van der Waals surface area contributed by atoms with Gasteiger partial charge in [-0.2, -0.15) is 0 Å². The molecule has 0 radical (unpaired) electrons. The minimum Gasteiger partial charge on any atom is -0.309 e. The Morgan fingerprint density at radius 1 is 0.405 bits per heavy atom. The summed E-state index contributed by atoms with van der Waals surface area (Å²) in [6.07, 6.45) is 0. The van der Waals surface area contributed by atoms with Crippen LogP contribution >= 0.6 is 0 Å². The van der Waals surface area contributed by atoms with Crippen molar-refractivity contribution in [1.29, 1.82) is 0 Å². The molecule has 0 bridgehead atoms. The number of pyridine rings is 1. The van der Waals surface area contributed by atoms with Gasteiger partial charge in [-0.1, -0.05) is 103 Å². The molecule has 0 aliphatic rings. The van der Waals surface area contributed by atoms with Crippen LogP contribution in [0.15, 0.2) is 152 Å². The summed E-state index contributed by atoms with van der Waals surface area (Å²) < 4.78 is 4.75. The highest BCUT2D eigenvalue weighted by molar-refractivity contribution is 6.26. The summed E-state index contributed by atoms with van der Waals surface area (Å²) in [6, 6.07) is 54.1. The van der Waals surface area contributed by atoms with Crippen LogP contribution in [-0.4, -0.2) is 14.1 Å². The number of rotatable bonds is 3. The molecule has 0 saturated heterocycles. The predicted octanol–water partition coefficient (Wildman–Crippen LogP) is 10.1. The van der Waals surface area contributed by atoms with Gasteiger partial charge in [0.2, 0.25) is 0 Å². The Balaban J connectivity index is 1.39. The smallest absolute Gasteiger partial charge is 0.138 e. The van der Waals surface area contributed by atoms with Gasteiger partial charge in [0, 0.05) is 32.6 Å². The first-order chi connectivity index (χ1) is 20.8. The summed E-state index contributed by atoms with van der Waals surface area (Å²) in [4.78, 5) is 5.12. The molecule has 0 fully saturated rings. The van der Waals surface area contributed by atoms with E-state index >= 15 is 0 Å². The largest absolute Gasteiger partial charge is 0.309 e. The SMILES string of the molecule is c1ccc(-c2ccc(-n3c4ccccc4c4ccc5c(c6ccccc6n5-c5ccc6ccccc6n5)c43)cc2)cc1. The van der Waals surface area contributed by atoms with Crippen molar-refractivity contribution in [3.63, 3.8) is 0 Å². The highest BCUT2D eigenvalue weighted by Crippen LogP contribution is 2.42. The summed E-state index contributed by atoms with van der Waals surface area (Å²) in [7, 11) is 0. The molecule has 0 saturated carbocycles. The topological polar surface area (TPSA) is 22.8 Å². The molecular formula is C39H25N3. The van der Waals surface area contributed by atoms with E-state index in [1.165, 1.54) is 43.7 Å². The predicted molar refractivity (Wildman–Crippen MR) is 176 cm³/mol. The van der Waals surface area contributed by atoms with Crippen molar-refractivity contribution in [1.82, 2.24) is 14.1 Å². The second kappa shape index (κ2) is 8.92. The van der Waals surface area contributed by atoms with Crippen molar-refractivity contribution >= 4 is 54.5 Å². The van der Waals surface area contributed by atoms with Crippen LogP contribution < -0.4 is 0 Å². The van der Waals surface area contributed by atoms with E-state index in [0.29, 0.717) is 0 Å². The minimum atomic E-state index is 0.925. The molecule has 0 aliphatic carbocycles. The Hall–Kier alpha value is -5.67. The van der Waals surface area contributed by atoms with Gasteiger partial charge < -0.3 is 4.57 Å². The van der Waals surface area contributed by atoms with Gasteiger partial charge in [0.05, 0.1) is 27.6 Å². The Labute approximate surface area is 242 Å². The van der Waals surface area contributed by atoms with Crippen molar-refractivity contribution in [3.8, 4) is 22.6 Å². The molecule has 0 unspecified atom stereocenters. The molecule has 3 heterocycles. The van der Waals surface area contributed by atoms with Gasteiger partial charge in [0.25, 0.3) is 0 Å². The summed E-state index contributed by atoms with van der Waals surface area (Å²) in [5.41, 5.74) is 9.30. The molecule has 0 spiro atoms. The van der Waals surface area contributed by atoms with Crippen molar-refractivity contribution in [2.45, 2.75) is 0 Å². The molecule has 196 valence electrons. The standard InChI is InChI=1S/C39H25N3/c1-2-10-26(11-3-1)27-18-21-29(22-19-27)41-34-16-8-5-13-30(34)31-23-24-36-38(39(31)41)32-14-6-9-17-35(32)42(36)37-25-20-28-12-4-7-15-33(28)40-37/h1-25H. The average molecular weight is 536 g/mol. The van der Waals surface area contributed by atoms with Crippen LogP contribution in [0.5, 0.6) is 0 Å². The molecule has 0 atom stereocenters. The first-order valence-corrected chi connectivity index (χ1v) is 14.3. The fraction of sp³-hybridized carbons (Fsp3) is 0. The van der Waals surface area contributed by atoms with Gasteiger partial charge >= 0.3 is 0 Å². The van der Waals surface area contributed by atoms with Gasteiger partial charge in [-0.25, -0.2) is 4.98 Å². The number of hydrogen-bond donors (Lipinski definition) is 0. The van der Waals surface area contributed by atoms with E-state index in [4.69, 9.17) is 4.98 Å². The van der Waals surface area contributed by atoms with Crippen LogP contribution in [0.25, 0.3) is 77.1 Å². The minimum absolute atomic E-state index is 0.925. The number of hydrogen-bond acceptors (Lipinski definition) is 1. The fourth-order valence-electron chi connectivity index (χ4n) is 6.64. The third-order valence-electron chi connectivity index (χ3n) is 8.52. The maximum absolute atomic E-state index is 5.12. The first-order valence-electron chi connectivity index (χ1n) is 14.3. The molecule has 9 aromatic rings. The van der Waals surface area contributed by atoms with E-state index in [9.17, 15) is 0 Å². The van der Waals surface area contributed by atoms with Gasteiger partial charge in [0.1, 0.15) is 5.82 Å². The molecule has 3 aromatic heterocycles. The molecule has 0 amide bonds. The van der Waals surface area contributed by atoms with E-state index in [2.05, 4.69) is 161 Å². The third kappa shape index (κ3) is 3.31. The van der Waals surface area contributed by atoms with Crippen LogP contribution in [0.3, 0.4) is 0 Å². The molecule has 0 N–H and O–H groups in total. The van der Waals surface area contributed by atoms with Gasteiger partial charge in [-0.05, 0) is 59.7 Å². The fourth-order valence-corrected chi connectivity index (χ4v) is 6.64. The van der Waals surface area contributed by atoms with Crippen molar-refractivity contribution in [2.24, 2.45) is 0 Å². The zero-order valence-electron chi connectivity index (χ0n) is 22.8.